The van der Waals surface area contributed by atoms with Crippen LogP contribution < -0.4 is 0 Å². The first-order chi connectivity index (χ1) is 7.24. The number of esters is 1. The molecule has 0 fully saturated rings. The van der Waals surface area contributed by atoms with Gasteiger partial charge in [-0.05, 0) is 5.56 Å². The third kappa shape index (κ3) is 7.26. The smallest absolute Gasteiger partial charge is 0.310 e. The molecule has 15 heavy (non-hydrogen) atoms. The Morgan fingerprint density at radius 1 is 1.33 bits per heavy atom. The Morgan fingerprint density at radius 3 is 2.20 bits per heavy atom. The molecule has 0 atom stereocenters. The van der Waals surface area contributed by atoms with Crippen LogP contribution in [-0.4, -0.2) is 5.97 Å². The first-order valence-electron chi connectivity index (χ1n) is 4.72. The fraction of sp³-hybridized carbons (Fsp3) is 0.154. The molecule has 0 aliphatic rings. The molecule has 2 heteroatoms. The van der Waals surface area contributed by atoms with Gasteiger partial charge in [0.15, 0.2) is 0 Å². The van der Waals surface area contributed by atoms with Gasteiger partial charge in [0.05, 0.1) is 6.26 Å². The Morgan fingerprint density at radius 2 is 1.93 bits per heavy atom. The van der Waals surface area contributed by atoms with E-state index in [9.17, 15) is 4.79 Å². The Balaban J connectivity index is 0.000000265. The van der Waals surface area contributed by atoms with Crippen molar-refractivity contribution >= 4 is 12.0 Å². The number of hydrogen-bond donors (Lipinski definition) is 0. The Kier molecular flexibility index (Phi) is 7.69. The summed E-state index contributed by atoms with van der Waals surface area (Å²) in [5.74, 6) is -0.241. The lowest BCUT2D eigenvalue weighted by molar-refractivity contribution is -0.137. The first kappa shape index (κ1) is 13.2. The molecule has 0 amide bonds. The van der Waals surface area contributed by atoms with Crippen molar-refractivity contribution in [3.8, 4) is 0 Å². The Labute approximate surface area is 90.9 Å². The average Bonchev–Trinajstić information content (AvgIpc) is 2.31. The zero-order valence-corrected chi connectivity index (χ0v) is 8.98. The number of hydrogen-bond acceptors (Lipinski definition) is 2. The van der Waals surface area contributed by atoms with Crippen LogP contribution in [0.25, 0.3) is 6.08 Å². The second-order valence-electron chi connectivity index (χ2n) is 2.62. The third-order valence-corrected chi connectivity index (χ3v) is 1.54. The molecule has 0 N–H and O–H groups in total. The van der Waals surface area contributed by atoms with Gasteiger partial charge in [-0.25, -0.2) is 0 Å². The summed E-state index contributed by atoms with van der Waals surface area (Å²) in [6.07, 6.45) is 3.37. The zero-order valence-electron chi connectivity index (χ0n) is 8.98. The van der Waals surface area contributed by atoms with E-state index in [1.54, 1.807) is 6.92 Å². The van der Waals surface area contributed by atoms with Crippen molar-refractivity contribution in [2.45, 2.75) is 13.3 Å². The molecule has 0 saturated heterocycles. The molecule has 0 aliphatic heterocycles. The molecular weight excluding hydrogens is 188 g/mol. The van der Waals surface area contributed by atoms with E-state index in [0.717, 1.165) is 6.26 Å². The highest BCUT2D eigenvalue weighted by molar-refractivity contribution is 5.69. The lowest BCUT2D eigenvalue weighted by Gasteiger charge is -1.88. The van der Waals surface area contributed by atoms with Gasteiger partial charge in [-0.15, -0.1) is 0 Å². The monoisotopic (exact) mass is 204 g/mol. The van der Waals surface area contributed by atoms with Crippen LogP contribution in [0.3, 0.4) is 0 Å². The first-order valence-corrected chi connectivity index (χ1v) is 4.72. The predicted molar refractivity (Wildman–Crippen MR) is 63.1 cm³/mol. The molecule has 0 bridgehead atoms. The van der Waals surface area contributed by atoms with Gasteiger partial charge in [0.25, 0.3) is 0 Å². The van der Waals surface area contributed by atoms with Crippen LogP contribution >= 0.6 is 0 Å². The summed E-state index contributed by atoms with van der Waals surface area (Å²) >= 11 is 0. The van der Waals surface area contributed by atoms with Crippen LogP contribution in [0.15, 0.2) is 49.8 Å². The van der Waals surface area contributed by atoms with E-state index >= 15 is 0 Å². The lowest BCUT2D eigenvalue weighted by Crippen LogP contribution is -1.94. The van der Waals surface area contributed by atoms with E-state index in [4.69, 9.17) is 0 Å². The van der Waals surface area contributed by atoms with Gasteiger partial charge in [-0.2, -0.15) is 0 Å². The molecule has 0 spiro atoms. The molecule has 1 aromatic carbocycles. The summed E-state index contributed by atoms with van der Waals surface area (Å²) in [6.45, 7) is 8.56. The van der Waals surface area contributed by atoms with Gasteiger partial charge >= 0.3 is 5.97 Å². The van der Waals surface area contributed by atoms with Crippen molar-refractivity contribution < 1.29 is 9.53 Å². The van der Waals surface area contributed by atoms with Gasteiger partial charge < -0.3 is 4.74 Å². The maximum absolute atomic E-state index is 10.1. The molecule has 1 aromatic rings. The zero-order chi connectivity index (χ0) is 11.5. The van der Waals surface area contributed by atoms with Crippen molar-refractivity contribution in [1.29, 1.82) is 0 Å². The summed E-state index contributed by atoms with van der Waals surface area (Å²) in [7, 11) is 0. The Hall–Kier alpha value is -1.83. The van der Waals surface area contributed by atoms with E-state index in [0.29, 0.717) is 6.42 Å². The van der Waals surface area contributed by atoms with Gasteiger partial charge in [0.1, 0.15) is 0 Å². The maximum Gasteiger partial charge on any atom is 0.310 e. The van der Waals surface area contributed by atoms with Crippen LogP contribution in [0.1, 0.15) is 18.9 Å². The van der Waals surface area contributed by atoms with Crippen LogP contribution in [0.5, 0.6) is 0 Å². The van der Waals surface area contributed by atoms with E-state index in [1.165, 1.54) is 5.56 Å². The van der Waals surface area contributed by atoms with Crippen molar-refractivity contribution in [2.24, 2.45) is 0 Å². The minimum absolute atomic E-state index is 0.241. The molecule has 0 unspecified atom stereocenters. The summed E-state index contributed by atoms with van der Waals surface area (Å²) in [6, 6.07) is 10.0. The van der Waals surface area contributed by atoms with Crippen molar-refractivity contribution in [1.82, 2.24) is 0 Å². The van der Waals surface area contributed by atoms with Crippen LogP contribution in [-0.2, 0) is 9.53 Å². The number of carbonyl (C=O) groups is 1. The highest BCUT2D eigenvalue weighted by Gasteiger charge is 1.89. The summed E-state index contributed by atoms with van der Waals surface area (Å²) < 4.78 is 4.32. The Bertz CT molecular complexity index is 302. The summed E-state index contributed by atoms with van der Waals surface area (Å²) in [5, 5.41) is 0. The van der Waals surface area contributed by atoms with Gasteiger partial charge in [-0.3, -0.25) is 4.79 Å². The number of ether oxygens (including phenoxy) is 1. The van der Waals surface area contributed by atoms with Gasteiger partial charge in [0, 0.05) is 6.42 Å². The molecule has 0 aromatic heterocycles. The van der Waals surface area contributed by atoms with Gasteiger partial charge in [0.2, 0.25) is 0 Å². The third-order valence-electron chi connectivity index (χ3n) is 1.54. The van der Waals surface area contributed by atoms with Crippen molar-refractivity contribution in [2.75, 3.05) is 0 Å². The number of carbonyl (C=O) groups excluding carboxylic acids is 1. The maximum atomic E-state index is 10.1. The van der Waals surface area contributed by atoms with E-state index in [-0.39, 0.29) is 5.97 Å². The van der Waals surface area contributed by atoms with E-state index < -0.39 is 0 Å². The highest BCUT2D eigenvalue weighted by Crippen LogP contribution is 1.97. The molecule has 0 aliphatic carbocycles. The molecule has 0 radical (unpaired) electrons. The molecule has 0 heterocycles. The number of benzene rings is 1. The molecule has 80 valence electrons. The minimum Gasteiger partial charge on any atom is -0.435 e. The largest absolute Gasteiger partial charge is 0.435 e. The quantitative estimate of drug-likeness (QED) is 0.557. The summed E-state index contributed by atoms with van der Waals surface area (Å²) in [4.78, 5) is 10.1. The lowest BCUT2D eigenvalue weighted by atomic mass is 10.2. The standard InChI is InChI=1S/C8H8.C5H8O2/c1-2-8-6-4-3-5-7-8;1-3-5(6)7-4-2/h2-7H,1H2;4H,2-3H2,1H3. The topological polar surface area (TPSA) is 26.3 Å². The molecule has 1 rings (SSSR count). The SMILES string of the molecule is C=COC(=O)CC.C=Cc1ccccc1. The molecule has 2 nitrogen and oxygen atoms in total. The van der Waals surface area contributed by atoms with Crippen LogP contribution in [0, 0.1) is 0 Å². The van der Waals surface area contributed by atoms with Crippen LogP contribution in [0.4, 0.5) is 0 Å². The van der Waals surface area contributed by atoms with Crippen molar-refractivity contribution in [3.05, 3.63) is 55.3 Å². The summed E-state index contributed by atoms with van der Waals surface area (Å²) in [5.41, 5.74) is 1.17. The van der Waals surface area contributed by atoms with E-state index in [1.807, 2.05) is 36.4 Å². The van der Waals surface area contributed by atoms with Crippen LogP contribution in [0.2, 0.25) is 0 Å². The number of rotatable bonds is 3. The average molecular weight is 204 g/mol. The highest BCUT2D eigenvalue weighted by atomic mass is 16.5. The fourth-order valence-electron chi connectivity index (χ4n) is 0.765. The second-order valence-corrected chi connectivity index (χ2v) is 2.62. The molecule has 0 saturated carbocycles. The minimum atomic E-state index is -0.241. The van der Waals surface area contributed by atoms with Gasteiger partial charge in [-0.1, -0.05) is 56.5 Å². The molecular formula is C13H16O2. The fourth-order valence-corrected chi connectivity index (χ4v) is 0.765. The normalized spacial score (nSPS) is 8.07. The van der Waals surface area contributed by atoms with E-state index in [2.05, 4.69) is 17.9 Å². The van der Waals surface area contributed by atoms with Crippen molar-refractivity contribution in [3.63, 3.8) is 0 Å². The predicted octanol–water partition coefficient (Wildman–Crippen LogP) is 3.41. The second kappa shape index (κ2) is 8.75.